The third-order valence-corrected chi connectivity index (χ3v) is 3.03. The molecule has 0 bridgehead atoms. The van der Waals surface area contributed by atoms with Gasteiger partial charge in [-0.2, -0.15) is 0 Å². The van der Waals surface area contributed by atoms with E-state index in [4.69, 9.17) is 0 Å². The summed E-state index contributed by atoms with van der Waals surface area (Å²) in [6.45, 7) is 2.83. The number of likely N-dealkylation sites (N-methyl/N-ethyl adjacent to an activating group) is 1. The average molecular weight is 280 g/mol. The van der Waals surface area contributed by atoms with Gasteiger partial charge in [-0.1, -0.05) is 31.5 Å². The van der Waals surface area contributed by atoms with Crippen LogP contribution >= 0.6 is 0 Å². The number of rotatable bonds is 6. The summed E-state index contributed by atoms with van der Waals surface area (Å²) < 4.78 is 13.4. The summed E-state index contributed by atoms with van der Waals surface area (Å²) in [5.41, 5.74) is 0.527. The largest absolute Gasteiger partial charge is 0.347 e. The molecule has 0 saturated heterocycles. The molecule has 1 aromatic rings. The monoisotopic (exact) mass is 280 g/mol. The minimum Gasteiger partial charge on any atom is -0.347 e. The Labute approximate surface area is 119 Å². The van der Waals surface area contributed by atoms with Crippen LogP contribution in [0.15, 0.2) is 24.3 Å². The van der Waals surface area contributed by atoms with E-state index in [2.05, 4.69) is 5.32 Å². The van der Waals surface area contributed by atoms with E-state index in [0.29, 0.717) is 18.5 Å². The number of nitrogens with zero attached hydrogens (tertiary/aromatic N) is 1. The van der Waals surface area contributed by atoms with E-state index in [9.17, 15) is 14.0 Å². The number of nitrogens with one attached hydrogen (secondary N) is 1. The zero-order valence-electron chi connectivity index (χ0n) is 12.0. The molecule has 0 aromatic heterocycles. The summed E-state index contributed by atoms with van der Waals surface area (Å²) in [6.07, 6.45) is 2.20. The number of carbonyl (C=O) groups excluding carboxylic acids is 2. The van der Waals surface area contributed by atoms with Crippen molar-refractivity contribution in [2.45, 2.75) is 26.2 Å². The van der Waals surface area contributed by atoms with Crippen LogP contribution in [0, 0.1) is 5.82 Å². The molecular weight excluding hydrogens is 259 g/mol. The second-order valence-electron chi connectivity index (χ2n) is 4.68. The molecule has 0 radical (unpaired) electrons. The number of amides is 2. The van der Waals surface area contributed by atoms with Gasteiger partial charge in [0.1, 0.15) is 5.82 Å². The Hall–Kier alpha value is -1.91. The Morgan fingerprint density at radius 1 is 1.30 bits per heavy atom. The van der Waals surface area contributed by atoms with E-state index in [1.165, 1.54) is 11.0 Å². The van der Waals surface area contributed by atoms with Gasteiger partial charge < -0.3 is 10.2 Å². The van der Waals surface area contributed by atoms with E-state index in [0.717, 1.165) is 12.8 Å². The molecule has 20 heavy (non-hydrogen) atoms. The van der Waals surface area contributed by atoms with Gasteiger partial charge in [-0.3, -0.25) is 9.59 Å². The van der Waals surface area contributed by atoms with Crippen molar-refractivity contribution in [1.82, 2.24) is 10.2 Å². The van der Waals surface area contributed by atoms with Crippen molar-refractivity contribution in [2.75, 3.05) is 20.1 Å². The van der Waals surface area contributed by atoms with Crippen LogP contribution in [0.25, 0.3) is 0 Å². The molecule has 0 aliphatic heterocycles. The quantitative estimate of drug-likeness (QED) is 0.807. The highest BCUT2D eigenvalue weighted by Crippen LogP contribution is 2.06. The molecule has 0 aliphatic rings. The maximum absolute atomic E-state index is 13.4. The summed E-state index contributed by atoms with van der Waals surface area (Å²) in [4.78, 5) is 24.7. The molecule has 1 aromatic carbocycles. The summed E-state index contributed by atoms with van der Waals surface area (Å²) >= 11 is 0. The van der Waals surface area contributed by atoms with Crippen LogP contribution in [0.3, 0.4) is 0 Å². The number of carbonyl (C=O) groups is 2. The summed E-state index contributed by atoms with van der Waals surface area (Å²) in [5, 5.41) is 2.52. The molecule has 1 N–H and O–H groups in total. The van der Waals surface area contributed by atoms with Crippen molar-refractivity contribution >= 4 is 11.8 Å². The predicted octanol–water partition coefficient (Wildman–Crippen LogP) is 1.74. The average Bonchev–Trinajstić information content (AvgIpc) is 2.45. The third-order valence-electron chi connectivity index (χ3n) is 3.03. The first-order valence-corrected chi connectivity index (χ1v) is 6.83. The number of hydrogen-bond donors (Lipinski definition) is 1. The minimum atomic E-state index is -0.639. The van der Waals surface area contributed by atoms with Crippen LogP contribution in [0.4, 0.5) is 4.39 Å². The molecule has 0 atom stereocenters. The molecule has 0 fully saturated rings. The lowest BCUT2D eigenvalue weighted by molar-refractivity contribution is -0.145. The fourth-order valence-electron chi connectivity index (χ4n) is 1.76. The van der Waals surface area contributed by atoms with Crippen molar-refractivity contribution in [3.8, 4) is 0 Å². The van der Waals surface area contributed by atoms with Gasteiger partial charge in [0.15, 0.2) is 0 Å². The number of halogens is 1. The lowest BCUT2D eigenvalue weighted by Gasteiger charge is -2.16. The van der Waals surface area contributed by atoms with Crippen LogP contribution < -0.4 is 5.32 Å². The first-order valence-electron chi connectivity index (χ1n) is 6.83. The van der Waals surface area contributed by atoms with E-state index in [1.807, 2.05) is 6.92 Å². The lowest BCUT2D eigenvalue weighted by Crippen LogP contribution is -2.42. The standard InChI is InChI=1S/C15H21FN2O2/c1-3-4-11-18(2)15(20)14(19)17-10-9-12-7-5-6-8-13(12)16/h5-8H,3-4,9-11H2,1-2H3,(H,17,19). The van der Waals surface area contributed by atoms with Gasteiger partial charge in [0, 0.05) is 20.1 Å². The maximum Gasteiger partial charge on any atom is 0.311 e. The fourth-order valence-corrected chi connectivity index (χ4v) is 1.76. The molecule has 110 valence electrons. The zero-order valence-corrected chi connectivity index (χ0v) is 12.0. The van der Waals surface area contributed by atoms with Gasteiger partial charge >= 0.3 is 11.8 Å². The Bertz CT molecular complexity index is 463. The van der Waals surface area contributed by atoms with Gasteiger partial charge in [0.05, 0.1) is 0 Å². The summed E-state index contributed by atoms with van der Waals surface area (Å²) in [6, 6.07) is 6.39. The molecule has 2 amide bonds. The fraction of sp³-hybridized carbons (Fsp3) is 0.467. The lowest BCUT2D eigenvalue weighted by atomic mass is 10.1. The Kier molecular flexibility index (Phi) is 6.70. The highest BCUT2D eigenvalue weighted by atomic mass is 19.1. The van der Waals surface area contributed by atoms with Crippen molar-refractivity contribution in [3.63, 3.8) is 0 Å². The van der Waals surface area contributed by atoms with Crippen molar-refractivity contribution in [2.24, 2.45) is 0 Å². The maximum atomic E-state index is 13.4. The van der Waals surface area contributed by atoms with Crippen molar-refractivity contribution in [1.29, 1.82) is 0 Å². The Morgan fingerprint density at radius 3 is 2.65 bits per heavy atom. The molecular formula is C15H21FN2O2. The van der Waals surface area contributed by atoms with Crippen LogP contribution in [0.1, 0.15) is 25.3 Å². The second-order valence-corrected chi connectivity index (χ2v) is 4.68. The highest BCUT2D eigenvalue weighted by Gasteiger charge is 2.17. The number of benzene rings is 1. The molecule has 1 rings (SSSR count). The first kappa shape index (κ1) is 16.1. The Balaban J connectivity index is 2.36. The Morgan fingerprint density at radius 2 is 2.00 bits per heavy atom. The van der Waals surface area contributed by atoms with Crippen LogP contribution in [0.2, 0.25) is 0 Å². The molecule has 4 nitrogen and oxygen atoms in total. The van der Waals surface area contributed by atoms with Crippen LogP contribution in [-0.4, -0.2) is 36.9 Å². The SMILES string of the molecule is CCCCN(C)C(=O)C(=O)NCCc1ccccc1F. The van der Waals surface area contributed by atoms with Gasteiger partial charge in [-0.25, -0.2) is 4.39 Å². The summed E-state index contributed by atoms with van der Waals surface area (Å²) in [5.74, 6) is -1.49. The summed E-state index contributed by atoms with van der Waals surface area (Å²) in [7, 11) is 1.61. The molecule has 0 heterocycles. The first-order chi connectivity index (χ1) is 9.56. The van der Waals surface area contributed by atoms with E-state index in [1.54, 1.807) is 25.2 Å². The zero-order chi connectivity index (χ0) is 15.0. The minimum absolute atomic E-state index is 0.243. The van der Waals surface area contributed by atoms with Crippen molar-refractivity contribution in [3.05, 3.63) is 35.6 Å². The van der Waals surface area contributed by atoms with E-state index < -0.39 is 11.8 Å². The topological polar surface area (TPSA) is 49.4 Å². The van der Waals surface area contributed by atoms with Crippen molar-refractivity contribution < 1.29 is 14.0 Å². The smallest absolute Gasteiger partial charge is 0.311 e. The van der Waals surface area contributed by atoms with Crippen LogP contribution in [0.5, 0.6) is 0 Å². The number of unbranched alkanes of at least 4 members (excludes halogenated alkanes) is 1. The molecule has 0 aliphatic carbocycles. The molecule has 0 spiro atoms. The third kappa shape index (κ3) is 4.99. The normalized spacial score (nSPS) is 10.2. The second kappa shape index (κ2) is 8.30. The van der Waals surface area contributed by atoms with Gasteiger partial charge in [0.25, 0.3) is 0 Å². The van der Waals surface area contributed by atoms with Gasteiger partial charge in [-0.15, -0.1) is 0 Å². The van der Waals surface area contributed by atoms with E-state index >= 15 is 0 Å². The molecule has 0 saturated carbocycles. The predicted molar refractivity (Wildman–Crippen MR) is 75.7 cm³/mol. The molecule has 0 unspecified atom stereocenters. The van der Waals surface area contributed by atoms with Gasteiger partial charge in [-0.05, 0) is 24.5 Å². The van der Waals surface area contributed by atoms with Gasteiger partial charge in [0.2, 0.25) is 0 Å². The highest BCUT2D eigenvalue weighted by molar-refractivity contribution is 6.34. The molecule has 5 heteroatoms. The van der Waals surface area contributed by atoms with Crippen LogP contribution in [-0.2, 0) is 16.0 Å². The number of hydrogen-bond acceptors (Lipinski definition) is 2. The van der Waals surface area contributed by atoms with E-state index in [-0.39, 0.29) is 12.4 Å².